The van der Waals surface area contributed by atoms with Crippen LogP contribution in [-0.2, 0) is 11.3 Å². The van der Waals surface area contributed by atoms with Gasteiger partial charge < -0.3 is 14.6 Å². The predicted molar refractivity (Wildman–Crippen MR) is 131 cm³/mol. The molecule has 4 aromatic rings. The van der Waals surface area contributed by atoms with E-state index < -0.39 is 0 Å². The molecule has 0 spiro atoms. The molecular weight excluding hydrogens is 466 g/mol. The molecule has 5 nitrogen and oxygen atoms in total. The Balaban J connectivity index is 1.53. The van der Waals surface area contributed by atoms with Crippen molar-refractivity contribution in [1.82, 2.24) is 14.9 Å². The van der Waals surface area contributed by atoms with E-state index >= 15 is 0 Å². The molecule has 0 bridgehead atoms. The quantitative estimate of drug-likeness (QED) is 0.359. The zero-order valence-electron chi connectivity index (χ0n) is 18.4. The first-order valence-electron chi connectivity index (χ1n) is 10.6. The molecule has 0 aliphatic heterocycles. The number of halogens is 1. The molecular formula is C26H26BrN3O2. The average molecular weight is 492 g/mol. The summed E-state index contributed by atoms with van der Waals surface area (Å²) in [6, 6.07) is 21.9. The van der Waals surface area contributed by atoms with E-state index in [-0.39, 0.29) is 18.6 Å². The number of hydrogen-bond acceptors (Lipinski definition) is 3. The second-order valence-corrected chi connectivity index (χ2v) is 8.94. The molecule has 0 aliphatic carbocycles. The fraction of sp³-hybridized carbons (Fsp3) is 0.231. The fourth-order valence-corrected chi connectivity index (χ4v) is 4.21. The Labute approximate surface area is 196 Å². The lowest BCUT2D eigenvalue weighted by molar-refractivity contribution is -0.123. The highest BCUT2D eigenvalue weighted by atomic mass is 79.9. The van der Waals surface area contributed by atoms with Crippen LogP contribution in [0.15, 0.2) is 71.2 Å². The van der Waals surface area contributed by atoms with Crippen LogP contribution in [0.1, 0.15) is 35.5 Å². The highest BCUT2D eigenvalue weighted by Crippen LogP contribution is 2.24. The number of rotatable bonds is 7. The van der Waals surface area contributed by atoms with Crippen LogP contribution in [0.2, 0.25) is 0 Å². The number of hydrogen-bond donors (Lipinski definition) is 1. The molecule has 4 rings (SSSR count). The number of imidazole rings is 1. The predicted octanol–water partition coefficient (Wildman–Crippen LogP) is 5.72. The van der Waals surface area contributed by atoms with Crippen LogP contribution < -0.4 is 10.1 Å². The number of aromatic nitrogens is 2. The Hall–Kier alpha value is -3.12. The van der Waals surface area contributed by atoms with Crippen molar-refractivity contribution in [3.8, 4) is 5.75 Å². The molecule has 0 saturated carbocycles. The molecule has 1 unspecified atom stereocenters. The number of nitrogens with zero attached hydrogens (tertiary/aromatic N) is 2. The van der Waals surface area contributed by atoms with Crippen LogP contribution in [0, 0.1) is 13.8 Å². The van der Waals surface area contributed by atoms with Crippen molar-refractivity contribution in [1.29, 1.82) is 0 Å². The van der Waals surface area contributed by atoms with Gasteiger partial charge in [0, 0.05) is 11.0 Å². The van der Waals surface area contributed by atoms with Crippen molar-refractivity contribution in [3.05, 3.63) is 93.7 Å². The van der Waals surface area contributed by atoms with Gasteiger partial charge in [-0.2, -0.15) is 0 Å². The zero-order valence-corrected chi connectivity index (χ0v) is 20.0. The topological polar surface area (TPSA) is 56.1 Å². The third kappa shape index (κ3) is 5.02. The highest BCUT2D eigenvalue weighted by molar-refractivity contribution is 9.10. The molecule has 6 heteroatoms. The van der Waals surface area contributed by atoms with E-state index in [2.05, 4.69) is 44.0 Å². The van der Waals surface area contributed by atoms with E-state index in [1.165, 1.54) is 0 Å². The van der Waals surface area contributed by atoms with Crippen LogP contribution in [0.25, 0.3) is 11.0 Å². The fourth-order valence-electron chi connectivity index (χ4n) is 3.76. The van der Waals surface area contributed by atoms with Crippen molar-refractivity contribution in [2.24, 2.45) is 0 Å². The molecule has 32 heavy (non-hydrogen) atoms. The summed E-state index contributed by atoms with van der Waals surface area (Å²) in [6.45, 7) is 6.55. The van der Waals surface area contributed by atoms with Crippen LogP contribution in [-0.4, -0.2) is 22.1 Å². The molecule has 0 saturated heterocycles. The lowest BCUT2D eigenvalue weighted by atomic mass is 10.1. The van der Waals surface area contributed by atoms with Crippen LogP contribution in [0.5, 0.6) is 5.75 Å². The van der Waals surface area contributed by atoms with E-state index in [0.29, 0.717) is 6.54 Å². The van der Waals surface area contributed by atoms with Gasteiger partial charge in [0.15, 0.2) is 6.61 Å². The number of para-hydroxylation sites is 2. The normalized spacial score (nSPS) is 12.0. The van der Waals surface area contributed by atoms with E-state index in [1.807, 2.05) is 69.3 Å². The van der Waals surface area contributed by atoms with Crippen LogP contribution in [0.4, 0.5) is 0 Å². The average Bonchev–Trinajstić information content (AvgIpc) is 3.13. The highest BCUT2D eigenvalue weighted by Gasteiger charge is 2.19. The Kier molecular flexibility index (Phi) is 6.61. The van der Waals surface area contributed by atoms with E-state index in [9.17, 15) is 4.79 Å². The summed E-state index contributed by atoms with van der Waals surface area (Å²) in [7, 11) is 0. The second-order valence-electron chi connectivity index (χ2n) is 8.02. The Morgan fingerprint density at radius 2 is 1.91 bits per heavy atom. The number of carbonyl (C=O) groups excluding carboxylic acids is 1. The molecule has 3 aromatic carbocycles. The minimum Gasteiger partial charge on any atom is -0.483 e. The smallest absolute Gasteiger partial charge is 0.258 e. The lowest BCUT2D eigenvalue weighted by Crippen LogP contribution is -2.32. The van der Waals surface area contributed by atoms with Gasteiger partial charge in [-0.1, -0.05) is 52.3 Å². The summed E-state index contributed by atoms with van der Waals surface area (Å²) in [5, 5.41) is 3.04. The van der Waals surface area contributed by atoms with Crippen molar-refractivity contribution < 1.29 is 9.53 Å². The summed E-state index contributed by atoms with van der Waals surface area (Å²) < 4.78 is 8.96. The maximum absolute atomic E-state index is 12.6. The Bertz CT molecular complexity index is 1270. The van der Waals surface area contributed by atoms with E-state index in [4.69, 9.17) is 9.72 Å². The van der Waals surface area contributed by atoms with Gasteiger partial charge in [0.05, 0.1) is 17.1 Å². The number of ether oxygens (including phenoxy) is 1. The van der Waals surface area contributed by atoms with E-state index in [0.717, 1.165) is 43.8 Å². The van der Waals surface area contributed by atoms with Crippen molar-refractivity contribution in [2.45, 2.75) is 33.4 Å². The van der Waals surface area contributed by atoms with Crippen LogP contribution in [0.3, 0.4) is 0 Å². The molecule has 1 heterocycles. The van der Waals surface area contributed by atoms with Gasteiger partial charge in [-0.3, -0.25) is 4.79 Å². The van der Waals surface area contributed by atoms with Gasteiger partial charge in [-0.15, -0.1) is 0 Å². The lowest BCUT2D eigenvalue weighted by Gasteiger charge is -2.17. The molecule has 0 aliphatic rings. The van der Waals surface area contributed by atoms with E-state index in [1.54, 1.807) is 0 Å². The number of benzene rings is 3. The molecule has 0 radical (unpaired) electrons. The third-order valence-electron chi connectivity index (χ3n) is 5.38. The van der Waals surface area contributed by atoms with Crippen molar-refractivity contribution >= 4 is 32.9 Å². The SMILES string of the molecule is Cc1ccc(C)c(OCC(=O)NC(C)c2nc3ccccc3n2Cc2cccc(Br)c2)c1. The first-order chi connectivity index (χ1) is 15.4. The summed E-state index contributed by atoms with van der Waals surface area (Å²) >= 11 is 3.55. The van der Waals surface area contributed by atoms with Crippen molar-refractivity contribution in [3.63, 3.8) is 0 Å². The van der Waals surface area contributed by atoms with Gasteiger partial charge >= 0.3 is 0 Å². The van der Waals surface area contributed by atoms with Gasteiger partial charge in [-0.25, -0.2) is 4.98 Å². The second kappa shape index (κ2) is 9.57. The first kappa shape index (κ1) is 22.1. The molecule has 164 valence electrons. The molecule has 0 fully saturated rings. The monoisotopic (exact) mass is 491 g/mol. The molecule has 1 N–H and O–H groups in total. The minimum absolute atomic E-state index is 0.0412. The number of carbonyl (C=O) groups is 1. The number of amides is 1. The summed E-state index contributed by atoms with van der Waals surface area (Å²) in [5.74, 6) is 1.36. The number of aryl methyl sites for hydroxylation is 2. The summed E-state index contributed by atoms with van der Waals surface area (Å²) in [6.07, 6.45) is 0. The maximum atomic E-state index is 12.6. The van der Waals surface area contributed by atoms with Gasteiger partial charge in [0.2, 0.25) is 0 Å². The first-order valence-corrected chi connectivity index (χ1v) is 11.4. The minimum atomic E-state index is -0.274. The van der Waals surface area contributed by atoms with Gasteiger partial charge in [0.25, 0.3) is 5.91 Å². The maximum Gasteiger partial charge on any atom is 0.258 e. The van der Waals surface area contributed by atoms with Crippen LogP contribution >= 0.6 is 15.9 Å². The Morgan fingerprint density at radius 1 is 1.09 bits per heavy atom. The third-order valence-corrected chi connectivity index (χ3v) is 5.87. The summed E-state index contributed by atoms with van der Waals surface area (Å²) in [4.78, 5) is 17.5. The molecule has 1 amide bonds. The Morgan fingerprint density at radius 3 is 2.72 bits per heavy atom. The number of nitrogens with one attached hydrogen (secondary N) is 1. The van der Waals surface area contributed by atoms with Gasteiger partial charge in [-0.05, 0) is 67.8 Å². The largest absolute Gasteiger partial charge is 0.483 e. The standard InChI is InChI=1S/C26H26BrN3O2/c1-17-11-12-18(2)24(13-17)32-16-25(31)28-19(3)26-29-22-9-4-5-10-23(22)30(26)15-20-7-6-8-21(27)14-20/h4-14,19H,15-16H2,1-3H3,(H,28,31). The van der Waals surface area contributed by atoms with Gasteiger partial charge in [0.1, 0.15) is 11.6 Å². The van der Waals surface area contributed by atoms with Crippen molar-refractivity contribution in [2.75, 3.05) is 6.61 Å². The molecule has 1 aromatic heterocycles. The molecule has 1 atom stereocenters. The number of fused-ring (bicyclic) bond motifs is 1. The zero-order chi connectivity index (χ0) is 22.7. The summed E-state index contributed by atoms with van der Waals surface area (Å²) in [5.41, 5.74) is 5.20.